The van der Waals surface area contributed by atoms with Crippen LogP contribution in [0.3, 0.4) is 0 Å². The molecular formula is C19H30N4O2. The van der Waals surface area contributed by atoms with Gasteiger partial charge in [0.15, 0.2) is 0 Å². The third kappa shape index (κ3) is 3.83. The van der Waals surface area contributed by atoms with Crippen LogP contribution in [0.1, 0.15) is 45.3 Å². The zero-order valence-electron chi connectivity index (χ0n) is 15.6. The Hall–Kier alpha value is -1.98. The first kappa shape index (κ1) is 17.8. The van der Waals surface area contributed by atoms with Crippen molar-refractivity contribution in [1.82, 2.24) is 19.7 Å². The van der Waals surface area contributed by atoms with E-state index in [0.717, 1.165) is 32.5 Å². The zero-order valence-corrected chi connectivity index (χ0v) is 15.6. The number of amides is 3. The van der Waals surface area contributed by atoms with Crippen LogP contribution in [-0.4, -0.2) is 52.5 Å². The highest BCUT2D eigenvalue weighted by Crippen LogP contribution is 2.29. The molecule has 3 rings (SSSR count). The molecule has 2 aliphatic rings. The van der Waals surface area contributed by atoms with E-state index in [9.17, 15) is 9.59 Å². The van der Waals surface area contributed by atoms with Crippen LogP contribution in [0, 0.1) is 11.8 Å². The van der Waals surface area contributed by atoms with Crippen LogP contribution in [0.4, 0.5) is 4.79 Å². The monoisotopic (exact) mass is 346 g/mol. The Morgan fingerprint density at radius 2 is 2.08 bits per heavy atom. The van der Waals surface area contributed by atoms with Crippen LogP contribution in [0.25, 0.3) is 0 Å². The summed E-state index contributed by atoms with van der Waals surface area (Å²) in [5.74, 6) is 0.542. The normalized spacial score (nSPS) is 23.5. The smallest absolute Gasteiger partial charge is 0.317 e. The van der Waals surface area contributed by atoms with Crippen molar-refractivity contribution in [3.8, 4) is 0 Å². The van der Waals surface area contributed by atoms with Crippen LogP contribution >= 0.6 is 0 Å². The Kier molecular flexibility index (Phi) is 5.35. The van der Waals surface area contributed by atoms with Crippen molar-refractivity contribution in [3.05, 3.63) is 24.0 Å². The Labute approximate surface area is 150 Å². The summed E-state index contributed by atoms with van der Waals surface area (Å²) in [6.45, 7) is 9.81. The summed E-state index contributed by atoms with van der Waals surface area (Å²) in [4.78, 5) is 29.2. The van der Waals surface area contributed by atoms with Crippen molar-refractivity contribution in [2.75, 3.05) is 26.2 Å². The third-order valence-corrected chi connectivity index (χ3v) is 5.34. The summed E-state index contributed by atoms with van der Waals surface area (Å²) in [7, 11) is 0. The molecule has 2 atom stereocenters. The lowest BCUT2D eigenvalue weighted by Gasteiger charge is -2.39. The van der Waals surface area contributed by atoms with Gasteiger partial charge in [0, 0.05) is 44.6 Å². The average Bonchev–Trinajstić information content (AvgIpc) is 3.09. The van der Waals surface area contributed by atoms with E-state index in [1.54, 1.807) is 0 Å². The maximum atomic E-state index is 13.1. The van der Waals surface area contributed by atoms with Crippen molar-refractivity contribution in [2.45, 2.75) is 46.2 Å². The van der Waals surface area contributed by atoms with Crippen LogP contribution < -0.4 is 5.32 Å². The lowest BCUT2D eigenvalue weighted by molar-refractivity contribution is -0.140. The van der Waals surface area contributed by atoms with Gasteiger partial charge in [-0.05, 0) is 37.8 Å². The van der Waals surface area contributed by atoms with Crippen LogP contribution in [0.5, 0.6) is 0 Å². The number of fused-ring (bicyclic) bond motifs is 1. The molecule has 2 aliphatic heterocycles. The third-order valence-electron chi connectivity index (χ3n) is 5.34. The fourth-order valence-corrected chi connectivity index (χ4v) is 3.88. The number of aromatic nitrogens is 1. The number of hydrogen-bond donors (Lipinski definition) is 1. The molecule has 0 bridgehead atoms. The summed E-state index contributed by atoms with van der Waals surface area (Å²) < 4.78 is 2.22. The van der Waals surface area contributed by atoms with Crippen molar-refractivity contribution in [2.24, 2.45) is 11.8 Å². The van der Waals surface area contributed by atoms with Gasteiger partial charge in [-0.25, -0.2) is 4.79 Å². The van der Waals surface area contributed by atoms with Gasteiger partial charge in [0.05, 0.1) is 12.0 Å². The number of likely N-dealkylation sites (tertiary alicyclic amines) is 1. The summed E-state index contributed by atoms with van der Waals surface area (Å²) in [6.07, 6.45) is 3.84. The molecule has 1 saturated heterocycles. The Morgan fingerprint density at radius 1 is 1.28 bits per heavy atom. The molecule has 138 valence electrons. The van der Waals surface area contributed by atoms with Crippen molar-refractivity contribution < 1.29 is 9.59 Å². The summed E-state index contributed by atoms with van der Waals surface area (Å²) >= 11 is 0. The van der Waals surface area contributed by atoms with E-state index in [2.05, 4.69) is 42.9 Å². The zero-order chi connectivity index (χ0) is 18.0. The second kappa shape index (κ2) is 7.50. The van der Waals surface area contributed by atoms with Crippen LogP contribution in [0.15, 0.2) is 18.3 Å². The number of piperidine rings is 1. The minimum atomic E-state index is -0.0810. The highest BCUT2D eigenvalue weighted by molar-refractivity contribution is 5.81. The molecule has 3 amide bonds. The summed E-state index contributed by atoms with van der Waals surface area (Å²) in [6, 6.07) is 4.20. The Morgan fingerprint density at radius 3 is 2.84 bits per heavy atom. The highest BCUT2D eigenvalue weighted by atomic mass is 16.2. The number of nitrogens with zero attached hydrogens (tertiary/aromatic N) is 3. The number of rotatable bonds is 3. The molecule has 1 N–H and O–H groups in total. The molecule has 0 saturated carbocycles. The fraction of sp³-hybridized carbons (Fsp3) is 0.684. The number of carbonyl (C=O) groups is 2. The van der Waals surface area contributed by atoms with Crippen LogP contribution in [-0.2, 0) is 11.3 Å². The lowest BCUT2D eigenvalue weighted by Crippen LogP contribution is -2.51. The Bertz CT molecular complexity index is 625. The predicted octanol–water partition coefficient (Wildman–Crippen LogP) is 2.47. The maximum Gasteiger partial charge on any atom is 0.317 e. The second-order valence-electron chi connectivity index (χ2n) is 7.70. The van der Waals surface area contributed by atoms with E-state index < -0.39 is 0 Å². The number of carbonyl (C=O) groups excluding carboxylic acids is 2. The SMILES string of the molecule is CC(C)CNC(=O)N1CCC[C@H](C(=O)N2CCn3cccc3[C@@H]2C)C1. The predicted molar refractivity (Wildman–Crippen MR) is 97.1 cm³/mol. The standard InChI is InChI=1S/C19H30N4O2/c1-14(2)12-20-19(25)22-9-4-6-16(13-22)18(24)23-11-10-21-8-5-7-17(21)15(23)3/h5,7-8,14-16H,4,6,9-13H2,1-3H3,(H,20,25)/t15-,16-/m0/s1. The number of nitrogens with one attached hydrogen (secondary N) is 1. The quantitative estimate of drug-likeness (QED) is 0.914. The van der Waals surface area contributed by atoms with E-state index in [0.29, 0.717) is 19.0 Å². The lowest BCUT2D eigenvalue weighted by atomic mass is 9.95. The van der Waals surface area contributed by atoms with E-state index in [-0.39, 0.29) is 23.9 Å². The minimum Gasteiger partial charge on any atom is -0.348 e. The van der Waals surface area contributed by atoms with E-state index in [1.807, 2.05) is 15.9 Å². The molecule has 0 spiro atoms. The van der Waals surface area contributed by atoms with Gasteiger partial charge in [0.2, 0.25) is 5.91 Å². The van der Waals surface area contributed by atoms with Crippen LogP contribution in [0.2, 0.25) is 0 Å². The molecule has 25 heavy (non-hydrogen) atoms. The van der Waals surface area contributed by atoms with Gasteiger partial charge in [-0.1, -0.05) is 13.8 Å². The summed E-state index contributed by atoms with van der Waals surface area (Å²) in [5.41, 5.74) is 1.20. The molecule has 3 heterocycles. The topological polar surface area (TPSA) is 57.6 Å². The van der Waals surface area contributed by atoms with Crippen molar-refractivity contribution in [3.63, 3.8) is 0 Å². The fourth-order valence-electron chi connectivity index (χ4n) is 3.88. The molecule has 6 nitrogen and oxygen atoms in total. The molecule has 1 aromatic heterocycles. The summed E-state index contributed by atoms with van der Waals surface area (Å²) in [5, 5.41) is 2.97. The molecule has 0 aromatic carbocycles. The highest BCUT2D eigenvalue weighted by Gasteiger charge is 2.35. The van der Waals surface area contributed by atoms with Gasteiger partial charge in [0.25, 0.3) is 0 Å². The van der Waals surface area contributed by atoms with Gasteiger partial charge in [-0.2, -0.15) is 0 Å². The minimum absolute atomic E-state index is 0.0354. The van der Waals surface area contributed by atoms with Crippen molar-refractivity contribution >= 4 is 11.9 Å². The molecule has 0 unspecified atom stereocenters. The molecule has 0 aliphatic carbocycles. The Balaban J connectivity index is 1.61. The maximum absolute atomic E-state index is 13.1. The van der Waals surface area contributed by atoms with Gasteiger partial charge in [-0.3, -0.25) is 4.79 Å². The van der Waals surface area contributed by atoms with Gasteiger partial charge < -0.3 is 19.7 Å². The average molecular weight is 346 g/mol. The number of hydrogen-bond acceptors (Lipinski definition) is 2. The molecule has 1 aromatic rings. The van der Waals surface area contributed by atoms with Gasteiger partial charge in [0.1, 0.15) is 0 Å². The second-order valence-corrected chi connectivity index (χ2v) is 7.70. The van der Waals surface area contributed by atoms with Gasteiger partial charge >= 0.3 is 6.03 Å². The molecule has 0 radical (unpaired) electrons. The van der Waals surface area contributed by atoms with Crippen molar-refractivity contribution in [1.29, 1.82) is 0 Å². The molecular weight excluding hydrogens is 316 g/mol. The molecule has 1 fully saturated rings. The van der Waals surface area contributed by atoms with E-state index in [1.165, 1.54) is 5.69 Å². The van der Waals surface area contributed by atoms with Gasteiger partial charge in [-0.15, -0.1) is 0 Å². The largest absolute Gasteiger partial charge is 0.348 e. The first-order valence-electron chi connectivity index (χ1n) is 9.45. The van der Waals surface area contributed by atoms with E-state index >= 15 is 0 Å². The van der Waals surface area contributed by atoms with E-state index in [4.69, 9.17) is 0 Å². The first-order valence-corrected chi connectivity index (χ1v) is 9.45. The molecule has 6 heteroatoms. The first-order chi connectivity index (χ1) is 12.0. The number of urea groups is 1.